The van der Waals surface area contributed by atoms with E-state index in [-0.39, 0.29) is 12.6 Å². The van der Waals surface area contributed by atoms with Gasteiger partial charge in [-0.1, -0.05) is 11.6 Å². The lowest BCUT2D eigenvalue weighted by atomic mass is 10.2. The van der Waals surface area contributed by atoms with Gasteiger partial charge in [0.15, 0.2) is 6.73 Å². The van der Waals surface area contributed by atoms with E-state index >= 15 is 0 Å². The molecular formula is C17H22ClN3O3. The van der Waals surface area contributed by atoms with Crippen molar-refractivity contribution in [2.75, 3.05) is 19.8 Å². The van der Waals surface area contributed by atoms with Crippen LogP contribution >= 0.6 is 11.6 Å². The summed E-state index contributed by atoms with van der Waals surface area (Å²) in [6.07, 6.45) is 2.49. The lowest BCUT2D eigenvalue weighted by Gasteiger charge is -2.09. The summed E-state index contributed by atoms with van der Waals surface area (Å²) >= 11 is 5.92. The molecule has 0 saturated heterocycles. The number of nitrogens with one attached hydrogen (secondary N) is 1. The molecule has 0 unspecified atom stereocenters. The van der Waals surface area contributed by atoms with Crippen LogP contribution in [0.25, 0.3) is 0 Å². The number of aromatic nitrogens is 2. The van der Waals surface area contributed by atoms with E-state index in [2.05, 4.69) is 10.4 Å². The van der Waals surface area contributed by atoms with Crippen molar-refractivity contribution < 1.29 is 14.3 Å². The van der Waals surface area contributed by atoms with Gasteiger partial charge < -0.3 is 14.8 Å². The van der Waals surface area contributed by atoms with Gasteiger partial charge in [0.2, 0.25) is 0 Å². The predicted octanol–water partition coefficient (Wildman–Crippen LogP) is 3.04. The molecule has 6 nitrogen and oxygen atoms in total. The molecular weight excluding hydrogens is 330 g/mol. The summed E-state index contributed by atoms with van der Waals surface area (Å²) in [5, 5.41) is 7.69. The van der Waals surface area contributed by atoms with Crippen LogP contribution in [-0.4, -0.2) is 35.4 Å². The summed E-state index contributed by atoms with van der Waals surface area (Å²) in [6.45, 7) is 5.97. The van der Waals surface area contributed by atoms with Gasteiger partial charge in [-0.3, -0.25) is 4.79 Å². The van der Waals surface area contributed by atoms with Gasteiger partial charge in [0.1, 0.15) is 11.4 Å². The van der Waals surface area contributed by atoms with Crippen LogP contribution in [0.4, 0.5) is 0 Å². The van der Waals surface area contributed by atoms with Crippen LogP contribution in [0.1, 0.15) is 29.4 Å². The third kappa shape index (κ3) is 5.54. The topological polar surface area (TPSA) is 65.4 Å². The molecule has 1 aromatic heterocycles. The van der Waals surface area contributed by atoms with Crippen LogP contribution in [-0.2, 0) is 11.5 Å². The highest BCUT2D eigenvalue weighted by atomic mass is 35.5. The smallest absolute Gasteiger partial charge is 0.271 e. The summed E-state index contributed by atoms with van der Waals surface area (Å²) in [6, 6.07) is 7.08. The van der Waals surface area contributed by atoms with Crippen molar-refractivity contribution in [3.63, 3.8) is 0 Å². The second-order valence-corrected chi connectivity index (χ2v) is 5.67. The Hall–Kier alpha value is -2.05. The molecule has 0 bridgehead atoms. The highest BCUT2D eigenvalue weighted by Gasteiger charge is 2.09. The van der Waals surface area contributed by atoms with Crippen molar-refractivity contribution >= 4 is 17.5 Å². The van der Waals surface area contributed by atoms with Crippen LogP contribution in [0.15, 0.2) is 30.5 Å². The predicted molar refractivity (Wildman–Crippen MR) is 92.5 cm³/mol. The molecule has 2 aromatic rings. The molecule has 1 amide bonds. The van der Waals surface area contributed by atoms with Gasteiger partial charge in [0, 0.05) is 31.0 Å². The maximum absolute atomic E-state index is 12.0. The molecule has 0 aliphatic carbocycles. The van der Waals surface area contributed by atoms with E-state index in [1.54, 1.807) is 23.0 Å². The van der Waals surface area contributed by atoms with Gasteiger partial charge in [-0.05, 0) is 50.1 Å². The molecule has 0 fully saturated rings. The van der Waals surface area contributed by atoms with Crippen molar-refractivity contribution in [1.82, 2.24) is 15.1 Å². The summed E-state index contributed by atoms with van der Waals surface area (Å²) in [5.41, 5.74) is 1.31. The normalized spacial score (nSPS) is 10.6. The molecule has 0 aliphatic rings. The van der Waals surface area contributed by atoms with Gasteiger partial charge in [0.05, 0.1) is 0 Å². The number of nitrogens with zero attached hydrogens (tertiary/aromatic N) is 2. The fourth-order valence-electron chi connectivity index (χ4n) is 2.08. The van der Waals surface area contributed by atoms with E-state index in [0.717, 1.165) is 17.7 Å². The van der Waals surface area contributed by atoms with Gasteiger partial charge in [-0.15, -0.1) is 0 Å². The van der Waals surface area contributed by atoms with E-state index < -0.39 is 0 Å². The van der Waals surface area contributed by atoms with E-state index in [0.29, 0.717) is 30.5 Å². The second-order valence-electron chi connectivity index (χ2n) is 5.23. The first-order valence-corrected chi connectivity index (χ1v) is 8.26. The molecule has 0 saturated carbocycles. The van der Waals surface area contributed by atoms with Crippen molar-refractivity contribution in [1.29, 1.82) is 0 Å². The van der Waals surface area contributed by atoms with E-state index in [9.17, 15) is 4.79 Å². The summed E-state index contributed by atoms with van der Waals surface area (Å²) in [7, 11) is 0. The standard InChI is InChI=1S/C17H22ClN3O3/c1-3-23-10-4-8-19-17(22)15-7-9-21(20-15)12-24-16-6-5-14(18)11-13(16)2/h5-7,9,11H,3-4,8,10,12H2,1-2H3,(H,19,22). The van der Waals surface area contributed by atoms with Crippen molar-refractivity contribution in [2.24, 2.45) is 0 Å². The molecule has 2 rings (SSSR count). The number of halogens is 1. The molecule has 1 N–H and O–H groups in total. The number of hydrogen-bond acceptors (Lipinski definition) is 4. The number of benzene rings is 1. The van der Waals surface area contributed by atoms with Crippen LogP contribution < -0.4 is 10.1 Å². The molecule has 0 aliphatic heterocycles. The molecule has 7 heteroatoms. The first-order valence-electron chi connectivity index (χ1n) is 7.88. The Morgan fingerprint density at radius 3 is 2.96 bits per heavy atom. The summed E-state index contributed by atoms with van der Waals surface area (Å²) in [5.74, 6) is 0.532. The Bertz CT molecular complexity index is 673. The highest BCUT2D eigenvalue weighted by molar-refractivity contribution is 6.30. The minimum absolute atomic E-state index is 0.201. The Morgan fingerprint density at radius 1 is 1.38 bits per heavy atom. The van der Waals surface area contributed by atoms with Crippen LogP contribution in [0.5, 0.6) is 5.75 Å². The molecule has 0 atom stereocenters. The zero-order chi connectivity index (χ0) is 17.4. The second kappa shape index (κ2) is 9.30. The molecule has 0 radical (unpaired) electrons. The quantitative estimate of drug-likeness (QED) is 0.705. The van der Waals surface area contributed by atoms with Crippen molar-refractivity contribution in [3.8, 4) is 5.75 Å². The number of carbonyl (C=O) groups is 1. The lowest BCUT2D eigenvalue weighted by molar-refractivity contribution is 0.0937. The Kier molecular flexibility index (Phi) is 7.08. The van der Waals surface area contributed by atoms with Crippen LogP contribution in [0, 0.1) is 6.92 Å². The van der Waals surface area contributed by atoms with Crippen LogP contribution in [0.2, 0.25) is 5.02 Å². The van der Waals surface area contributed by atoms with Gasteiger partial charge in [0.25, 0.3) is 5.91 Å². The largest absolute Gasteiger partial charge is 0.471 e. The molecule has 24 heavy (non-hydrogen) atoms. The molecule has 0 spiro atoms. The van der Waals surface area contributed by atoms with E-state index in [1.807, 2.05) is 26.0 Å². The Labute approximate surface area is 146 Å². The minimum Gasteiger partial charge on any atom is -0.471 e. The monoisotopic (exact) mass is 351 g/mol. The number of hydrogen-bond donors (Lipinski definition) is 1. The minimum atomic E-state index is -0.201. The molecule has 1 heterocycles. The zero-order valence-corrected chi connectivity index (χ0v) is 14.7. The summed E-state index contributed by atoms with van der Waals surface area (Å²) < 4.78 is 12.5. The van der Waals surface area contributed by atoms with Gasteiger partial charge >= 0.3 is 0 Å². The first-order chi connectivity index (χ1) is 11.6. The number of carbonyl (C=O) groups excluding carboxylic acids is 1. The fraction of sp³-hybridized carbons (Fsp3) is 0.412. The third-order valence-corrected chi connectivity index (χ3v) is 3.55. The third-order valence-electron chi connectivity index (χ3n) is 3.32. The maximum Gasteiger partial charge on any atom is 0.271 e. The number of ether oxygens (including phenoxy) is 2. The molecule has 1 aromatic carbocycles. The first kappa shape index (κ1) is 18.3. The SMILES string of the molecule is CCOCCCNC(=O)c1ccn(COc2ccc(Cl)cc2C)n1. The van der Waals surface area contributed by atoms with E-state index in [1.165, 1.54) is 0 Å². The lowest BCUT2D eigenvalue weighted by Crippen LogP contribution is -2.26. The van der Waals surface area contributed by atoms with Crippen molar-refractivity contribution in [3.05, 3.63) is 46.7 Å². The molecule has 130 valence electrons. The number of aryl methyl sites for hydroxylation is 1. The van der Waals surface area contributed by atoms with Crippen LogP contribution in [0.3, 0.4) is 0 Å². The Morgan fingerprint density at radius 2 is 2.21 bits per heavy atom. The average molecular weight is 352 g/mol. The van der Waals surface area contributed by atoms with E-state index in [4.69, 9.17) is 21.1 Å². The summed E-state index contributed by atoms with van der Waals surface area (Å²) in [4.78, 5) is 12.0. The number of amides is 1. The zero-order valence-electron chi connectivity index (χ0n) is 13.9. The Balaban J connectivity index is 1.81. The number of rotatable bonds is 9. The maximum atomic E-state index is 12.0. The highest BCUT2D eigenvalue weighted by Crippen LogP contribution is 2.21. The van der Waals surface area contributed by atoms with Gasteiger partial charge in [-0.25, -0.2) is 4.68 Å². The van der Waals surface area contributed by atoms with Crippen molar-refractivity contribution in [2.45, 2.75) is 27.0 Å². The average Bonchev–Trinajstić information content (AvgIpc) is 3.03. The van der Waals surface area contributed by atoms with Gasteiger partial charge in [-0.2, -0.15) is 5.10 Å². The fourth-order valence-corrected chi connectivity index (χ4v) is 2.30.